The van der Waals surface area contributed by atoms with E-state index < -0.39 is 0 Å². The van der Waals surface area contributed by atoms with Crippen molar-refractivity contribution in [2.45, 2.75) is 13.8 Å². The monoisotopic (exact) mass is 149 g/mol. The molecule has 0 aliphatic rings. The minimum absolute atomic E-state index is 0.0955. The maximum absolute atomic E-state index is 10.6. The van der Waals surface area contributed by atoms with Crippen molar-refractivity contribution in [3.05, 3.63) is 0 Å². The third kappa shape index (κ3) is 3.36. The topological polar surface area (TPSA) is 20.3 Å². The molecule has 0 aliphatic carbocycles. The van der Waals surface area contributed by atoms with E-state index in [1.165, 1.54) is 0 Å². The third-order valence-electron chi connectivity index (χ3n) is 1.18. The average Bonchev–Trinajstić information content (AvgIpc) is 1.82. The van der Waals surface area contributed by atoms with Crippen molar-refractivity contribution in [1.82, 2.24) is 4.90 Å². The van der Waals surface area contributed by atoms with E-state index in [0.29, 0.717) is 12.4 Å². The van der Waals surface area contributed by atoms with Crippen LogP contribution < -0.4 is 0 Å². The highest BCUT2D eigenvalue weighted by molar-refractivity contribution is 6.18. The molecule has 0 atom stereocenters. The maximum Gasteiger partial charge on any atom is 0.219 e. The van der Waals surface area contributed by atoms with Gasteiger partial charge in [0.2, 0.25) is 5.91 Å². The van der Waals surface area contributed by atoms with Crippen molar-refractivity contribution in [1.29, 1.82) is 0 Å². The van der Waals surface area contributed by atoms with Crippen LogP contribution in [0.1, 0.15) is 13.8 Å². The van der Waals surface area contributed by atoms with E-state index in [1.54, 1.807) is 11.8 Å². The molecule has 0 bridgehead atoms. The fraction of sp³-hybridized carbons (Fsp3) is 0.833. The quantitative estimate of drug-likeness (QED) is 0.551. The van der Waals surface area contributed by atoms with Gasteiger partial charge in [-0.1, -0.05) is 0 Å². The number of halogens is 1. The van der Waals surface area contributed by atoms with Crippen molar-refractivity contribution in [3.8, 4) is 0 Å². The van der Waals surface area contributed by atoms with Crippen LogP contribution >= 0.6 is 11.6 Å². The molecule has 0 aromatic heterocycles. The summed E-state index contributed by atoms with van der Waals surface area (Å²) in [5.74, 6) is 0.617. The number of nitrogens with zero attached hydrogens (tertiary/aromatic N) is 1. The first-order valence-corrected chi connectivity index (χ1v) is 3.57. The highest BCUT2D eigenvalue weighted by Crippen LogP contribution is 1.88. The lowest BCUT2D eigenvalue weighted by Crippen LogP contribution is -2.30. The smallest absolute Gasteiger partial charge is 0.219 e. The summed E-state index contributed by atoms with van der Waals surface area (Å²) in [5, 5.41) is 0. The molecule has 0 unspecified atom stereocenters. The summed E-state index contributed by atoms with van der Waals surface area (Å²) in [6.45, 7) is 4.90. The van der Waals surface area contributed by atoms with Crippen LogP contribution in [0, 0.1) is 0 Å². The number of carbonyl (C=O) groups excluding carboxylic acids is 1. The van der Waals surface area contributed by atoms with Crippen LogP contribution in [0.3, 0.4) is 0 Å². The predicted octanol–water partition coefficient (Wildman–Crippen LogP) is 1.09. The van der Waals surface area contributed by atoms with Gasteiger partial charge in [-0.05, 0) is 6.92 Å². The number of alkyl halides is 1. The molecule has 0 heterocycles. The van der Waals surface area contributed by atoms with Crippen LogP contribution in [-0.4, -0.2) is 29.8 Å². The van der Waals surface area contributed by atoms with E-state index in [4.69, 9.17) is 11.6 Å². The average molecular weight is 150 g/mol. The Hall–Kier alpha value is -0.240. The highest BCUT2D eigenvalue weighted by Gasteiger charge is 2.02. The molecule has 0 saturated heterocycles. The van der Waals surface area contributed by atoms with Crippen molar-refractivity contribution in [2.24, 2.45) is 0 Å². The summed E-state index contributed by atoms with van der Waals surface area (Å²) in [6, 6.07) is 0. The molecule has 0 saturated carbocycles. The lowest BCUT2D eigenvalue weighted by Gasteiger charge is -2.16. The van der Waals surface area contributed by atoms with Gasteiger partial charge in [-0.3, -0.25) is 4.79 Å². The largest absolute Gasteiger partial charge is 0.342 e. The van der Waals surface area contributed by atoms with E-state index in [9.17, 15) is 4.79 Å². The summed E-state index contributed by atoms with van der Waals surface area (Å²) >= 11 is 5.43. The van der Waals surface area contributed by atoms with Gasteiger partial charge in [0.15, 0.2) is 0 Å². The Bertz CT molecular complexity index is 95.1. The first-order chi connectivity index (χ1) is 4.22. The molecule has 0 aromatic rings. The molecular weight excluding hydrogens is 138 g/mol. The Balaban J connectivity index is 3.54. The summed E-state index contributed by atoms with van der Waals surface area (Å²) in [7, 11) is 0. The maximum atomic E-state index is 10.6. The number of hydrogen-bond acceptors (Lipinski definition) is 1. The van der Waals surface area contributed by atoms with Gasteiger partial charge >= 0.3 is 0 Å². The van der Waals surface area contributed by atoms with Gasteiger partial charge in [-0.15, -0.1) is 11.6 Å². The van der Waals surface area contributed by atoms with Crippen LogP contribution in [0.4, 0.5) is 0 Å². The molecule has 0 rings (SSSR count). The third-order valence-corrected chi connectivity index (χ3v) is 1.35. The number of hydrogen-bond donors (Lipinski definition) is 0. The summed E-state index contributed by atoms with van der Waals surface area (Å²) in [5.41, 5.74) is 0. The van der Waals surface area contributed by atoms with E-state index in [2.05, 4.69) is 0 Å². The van der Waals surface area contributed by atoms with Gasteiger partial charge < -0.3 is 4.90 Å². The zero-order valence-electron chi connectivity index (χ0n) is 5.85. The number of carbonyl (C=O) groups is 1. The van der Waals surface area contributed by atoms with Crippen molar-refractivity contribution in [2.75, 3.05) is 19.0 Å². The minimum Gasteiger partial charge on any atom is -0.342 e. The zero-order valence-corrected chi connectivity index (χ0v) is 6.61. The summed E-state index contributed by atoms with van der Waals surface area (Å²) in [6.07, 6.45) is 0. The fourth-order valence-electron chi connectivity index (χ4n) is 0.640. The lowest BCUT2D eigenvalue weighted by atomic mass is 10.5. The molecule has 0 fully saturated rings. The summed E-state index contributed by atoms with van der Waals surface area (Å²) in [4.78, 5) is 12.3. The van der Waals surface area contributed by atoms with Crippen molar-refractivity contribution in [3.63, 3.8) is 0 Å². The second-order valence-corrected chi connectivity index (χ2v) is 2.17. The Morgan fingerprint density at radius 2 is 2.22 bits per heavy atom. The van der Waals surface area contributed by atoms with Crippen LogP contribution in [0.5, 0.6) is 0 Å². The molecular formula is C6H12ClNO. The van der Waals surface area contributed by atoms with Gasteiger partial charge in [0.1, 0.15) is 0 Å². The van der Waals surface area contributed by atoms with Gasteiger partial charge in [0.25, 0.3) is 0 Å². The normalized spacial score (nSPS) is 9.22. The van der Waals surface area contributed by atoms with Crippen LogP contribution in [0.25, 0.3) is 0 Å². The predicted molar refractivity (Wildman–Crippen MR) is 38.6 cm³/mol. The van der Waals surface area contributed by atoms with E-state index in [1.807, 2.05) is 6.92 Å². The number of rotatable bonds is 3. The van der Waals surface area contributed by atoms with Crippen LogP contribution in [-0.2, 0) is 4.79 Å². The van der Waals surface area contributed by atoms with Crippen LogP contribution in [0.15, 0.2) is 0 Å². The Morgan fingerprint density at radius 1 is 1.67 bits per heavy atom. The highest BCUT2D eigenvalue weighted by atomic mass is 35.5. The fourth-order valence-corrected chi connectivity index (χ4v) is 0.844. The van der Waals surface area contributed by atoms with Gasteiger partial charge in [0, 0.05) is 25.9 Å². The molecule has 0 aromatic carbocycles. The first-order valence-electron chi connectivity index (χ1n) is 3.03. The summed E-state index contributed by atoms with van der Waals surface area (Å²) < 4.78 is 0. The van der Waals surface area contributed by atoms with Crippen molar-refractivity contribution >= 4 is 17.5 Å². The molecule has 0 radical (unpaired) electrons. The molecule has 0 aliphatic heterocycles. The van der Waals surface area contributed by atoms with Gasteiger partial charge in [-0.2, -0.15) is 0 Å². The second kappa shape index (κ2) is 4.62. The van der Waals surface area contributed by atoms with Gasteiger partial charge in [0.05, 0.1) is 0 Å². The van der Waals surface area contributed by atoms with E-state index in [-0.39, 0.29) is 5.91 Å². The molecule has 1 amide bonds. The molecule has 2 nitrogen and oxygen atoms in total. The lowest BCUT2D eigenvalue weighted by molar-refractivity contribution is -0.128. The van der Waals surface area contributed by atoms with E-state index in [0.717, 1.165) is 6.54 Å². The molecule has 54 valence electrons. The second-order valence-electron chi connectivity index (χ2n) is 1.79. The van der Waals surface area contributed by atoms with Crippen molar-refractivity contribution < 1.29 is 4.79 Å². The molecule has 0 spiro atoms. The Labute approximate surface area is 60.8 Å². The standard InChI is InChI=1S/C6H12ClNO/c1-3-8(5-4-7)6(2)9/h3-5H2,1-2H3. The molecule has 9 heavy (non-hydrogen) atoms. The van der Waals surface area contributed by atoms with Gasteiger partial charge in [-0.25, -0.2) is 0 Å². The van der Waals surface area contributed by atoms with Crippen LogP contribution in [0.2, 0.25) is 0 Å². The Morgan fingerprint density at radius 3 is 2.33 bits per heavy atom. The Kier molecular flexibility index (Phi) is 4.50. The number of amides is 1. The first kappa shape index (κ1) is 8.76. The van der Waals surface area contributed by atoms with E-state index >= 15 is 0 Å². The molecule has 0 N–H and O–H groups in total. The zero-order chi connectivity index (χ0) is 7.28. The molecule has 3 heteroatoms. The minimum atomic E-state index is 0.0955. The SMILES string of the molecule is CCN(CCCl)C(C)=O.